The minimum atomic E-state index is 0.236. The summed E-state index contributed by atoms with van der Waals surface area (Å²) >= 11 is 0. The Morgan fingerprint density at radius 1 is 1.15 bits per heavy atom. The van der Waals surface area contributed by atoms with Crippen LogP contribution in [-0.2, 0) is 6.42 Å². The lowest BCUT2D eigenvalue weighted by molar-refractivity contribution is 0.436. The van der Waals surface area contributed by atoms with Gasteiger partial charge in [-0.1, -0.05) is 39.0 Å². The molecule has 27 heavy (non-hydrogen) atoms. The largest absolute Gasteiger partial charge is 0.443 e. The van der Waals surface area contributed by atoms with Crippen molar-refractivity contribution in [3.05, 3.63) is 65.2 Å². The van der Waals surface area contributed by atoms with Gasteiger partial charge in [-0.25, -0.2) is 4.98 Å². The summed E-state index contributed by atoms with van der Waals surface area (Å²) in [6, 6.07) is 13.3. The molecule has 3 heterocycles. The lowest BCUT2D eigenvalue weighted by atomic mass is 9.86. The quantitative estimate of drug-likeness (QED) is 0.513. The third-order valence-electron chi connectivity index (χ3n) is 6.06. The van der Waals surface area contributed by atoms with E-state index in [0.717, 1.165) is 24.1 Å². The summed E-state index contributed by atoms with van der Waals surface area (Å²) < 4.78 is 5.70. The van der Waals surface area contributed by atoms with Gasteiger partial charge in [0.1, 0.15) is 5.52 Å². The fourth-order valence-electron chi connectivity index (χ4n) is 4.51. The maximum Gasteiger partial charge on any atom is 0.181 e. The highest BCUT2D eigenvalue weighted by atomic mass is 16.3. The number of fused-ring (bicyclic) bond motifs is 4. The molecule has 0 amide bonds. The van der Waals surface area contributed by atoms with Crippen LogP contribution in [0.1, 0.15) is 61.0 Å². The van der Waals surface area contributed by atoms with Gasteiger partial charge >= 0.3 is 0 Å². The predicted molar refractivity (Wildman–Crippen MR) is 109 cm³/mol. The Bertz CT molecular complexity index is 1120. The van der Waals surface area contributed by atoms with Gasteiger partial charge < -0.3 is 14.7 Å². The molecule has 0 spiro atoms. The summed E-state index contributed by atoms with van der Waals surface area (Å²) in [6.45, 7) is 7.78. The van der Waals surface area contributed by atoms with Crippen molar-refractivity contribution in [1.29, 1.82) is 0 Å². The van der Waals surface area contributed by atoms with Crippen molar-refractivity contribution in [3.63, 3.8) is 0 Å². The topological polar surface area (TPSA) is 53.9 Å². The van der Waals surface area contributed by atoms with Crippen LogP contribution in [0.5, 0.6) is 0 Å². The molecule has 0 fully saturated rings. The van der Waals surface area contributed by atoms with Crippen LogP contribution in [-0.4, -0.2) is 16.5 Å². The van der Waals surface area contributed by atoms with Crippen molar-refractivity contribution in [2.45, 2.75) is 45.1 Å². The summed E-state index contributed by atoms with van der Waals surface area (Å²) in [6.07, 6.45) is 2.60. The maximum absolute atomic E-state index is 5.70. The number of oxazole rings is 1. The number of rotatable bonds is 3. The second-order valence-electron chi connectivity index (χ2n) is 8.00. The molecule has 4 nitrogen and oxygen atoms in total. The number of H-pyrrole nitrogens is 1. The van der Waals surface area contributed by atoms with Gasteiger partial charge in [0.05, 0.1) is 6.04 Å². The predicted octanol–water partition coefficient (Wildman–Crippen LogP) is 5.42. The molecule has 2 N–H and O–H groups in total. The minimum absolute atomic E-state index is 0.236. The average molecular weight is 359 g/mol. The van der Waals surface area contributed by atoms with Gasteiger partial charge in [0.15, 0.2) is 12.0 Å². The molecular formula is C23H25N3O. The van der Waals surface area contributed by atoms with Crippen LogP contribution in [0.3, 0.4) is 0 Å². The summed E-state index contributed by atoms with van der Waals surface area (Å²) in [5.74, 6) is 0.818. The molecule has 1 aliphatic rings. The Balaban J connectivity index is 1.62. The summed E-state index contributed by atoms with van der Waals surface area (Å²) in [4.78, 5) is 8.03. The Hall–Kier alpha value is -2.59. The third-order valence-corrected chi connectivity index (χ3v) is 6.06. The van der Waals surface area contributed by atoms with E-state index in [4.69, 9.17) is 4.42 Å². The number of benzene rings is 2. The van der Waals surface area contributed by atoms with Gasteiger partial charge in [-0.2, -0.15) is 0 Å². The molecule has 5 rings (SSSR count). The molecule has 1 aliphatic heterocycles. The van der Waals surface area contributed by atoms with Crippen LogP contribution in [0.2, 0.25) is 0 Å². The van der Waals surface area contributed by atoms with E-state index in [1.54, 1.807) is 0 Å². The summed E-state index contributed by atoms with van der Waals surface area (Å²) in [5, 5.41) is 5.12. The summed E-state index contributed by atoms with van der Waals surface area (Å²) in [7, 11) is 0. The van der Waals surface area contributed by atoms with E-state index < -0.39 is 0 Å². The van der Waals surface area contributed by atoms with Crippen molar-refractivity contribution in [2.24, 2.45) is 0 Å². The first kappa shape index (κ1) is 16.6. The van der Waals surface area contributed by atoms with E-state index in [2.05, 4.69) is 66.4 Å². The van der Waals surface area contributed by atoms with Gasteiger partial charge in [-0.3, -0.25) is 0 Å². The summed E-state index contributed by atoms with van der Waals surface area (Å²) in [5.41, 5.74) is 8.46. The number of nitrogens with zero attached hydrogens (tertiary/aromatic N) is 1. The molecule has 2 atom stereocenters. The molecule has 4 aromatic rings. The first-order valence-electron chi connectivity index (χ1n) is 9.83. The molecule has 0 saturated carbocycles. The van der Waals surface area contributed by atoms with Gasteiger partial charge in [-0.15, -0.1) is 0 Å². The first-order chi connectivity index (χ1) is 13.1. The maximum atomic E-state index is 5.70. The number of para-hydroxylation sites is 1. The molecule has 0 saturated heterocycles. The second kappa shape index (κ2) is 6.24. The molecule has 138 valence electrons. The standard InChI is InChI=1S/C23H25N3O/c1-13(2)15-7-8-19-18(11-15)17-9-10-24-21(22(17)26-19)14(3)16-5-4-6-20-23(16)27-12-25-20/h4-8,11-14,21,24,26H,9-10H2,1-3H3. The molecular weight excluding hydrogens is 334 g/mol. The number of hydrogen-bond acceptors (Lipinski definition) is 3. The fraction of sp³-hybridized carbons (Fsp3) is 0.348. The monoisotopic (exact) mass is 359 g/mol. The highest BCUT2D eigenvalue weighted by Crippen LogP contribution is 2.40. The lowest BCUT2D eigenvalue weighted by Crippen LogP contribution is -2.33. The minimum Gasteiger partial charge on any atom is -0.443 e. The van der Waals surface area contributed by atoms with E-state index in [9.17, 15) is 0 Å². The van der Waals surface area contributed by atoms with Crippen molar-refractivity contribution in [3.8, 4) is 0 Å². The van der Waals surface area contributed by atoms with E-state index in [1.807, 2.05) is 6.07 Å². The fourth-order valence-corrected chi connectivity index (χ4v) is 4.51. The lowest BCUT2D eigenvalue weighted by Gasteiger charge is -2.29. The zero-order chi connectivity index (χ0) is 18.5. The Kier molecular flexibility index (Phi) is 3.83. The van der Waals surface area contributed by atoms with Crippen LogP contribution in [0.4, 0.5) is 0 Å². The van der Waals surface area contributed by atoms with Crippen molar-refractivity contribution in [1.82, 2.24) is 15.3 Å². The number of aromatic nitrogens is 2. The Morgan fingerprint density at radius 3 is 2.89 bits per heavy atom. The van der Waals surface area contributed by atoms with E-state index in [1.165, 1.54) is 39.7 Å². The average Bonchev–Trinajstić information content (AvgIpc) is 3.30. The van der Waals surface area contributed by atoms with Crippen molar-refractivity contribution in [2.75, 3.05) is 6.54 Å². The normalized spacial score (nSPS) is 18.3. The van der Waals surface area contributed by atoms with Crippen LogP contribution in [0.15, 0.2) is 47.2 Å². The Morgan fingerprint density at radius 2 is 2.04 bits per heavy atom. The van der Waals surface area contributed by atoms with Gasteiger partial charge in [-0.05, 0) is 48.2 Å². The number of nitrogens with one attached hydrogen (secondary N) is 2. The molecule has 0 radical (unpaired) electrons. The molecule has 0 bridgehead atoms. The zero-order valence-corrected chi connectivity index (χ0v) is 16.0. The molecule has 2 aromatic heterocycles. The molecule has 2 aromatic carbocycles. The van der Waals surface area contributed by atoms with Crippen molar-refractivity contribution < 1.29 is 4.42 Å². The Labute approximate surface area is 159 Å². The van der Waals surface area contributed by atoms with Gasteiger partial charge in [0.25, 0.3) is 0 Å². The van der Waals surface area contributed by atoms with Crippen LogP contribution in [0.25, 0.3) is 22.0 Å². The smallest absolute Gasteiger partial charge is 0.181 e. The van der Waals surface area contributed by atoms with Crippen LogP contribution in [0, 0.1) is 0 Å². The first-order valence-corrected chi connectivity index (χ1v) is 9.83. The number of hydrogen-bond donors (Lipinski definition) is 2. The number of aromatic amines is 1. The molecule has 4 heteroatoms. The SMILES string of the molecule is CC(C)c1ccc2[nH]c3c(c2c1)CCNC3C(C)c1cccc2ncoc12. The zero-order valence-electron chi connectivity index (χ0n) is 16.0. The van der Waals surface area contributed by atoms with E-state index in [0.29, 0.717) is 5.92 Å². The van der Waals surface area contributed by atoms with Crippen LogP contribution >= 0.6 is 0 Å². The van der Waals surface area contributed by atoms with E-state index >= 15 is 0 Å². The second-order valence-corrected chi connectivity index (χ2v) is 8.00. The highest BCUT2D eigenvalue weighted by Gasteiger charge is 2.30. The third kappa shape index (κ3) is 2.59. The van der Waals surface area contributed by atoms with Crippen molar-refractivity contribution >= 4 is 22.0 Å². The van der Waals surface area contributed by atoms with Gasteiger partial charge in [0.2, 0.25) is 0 Å². The van der Waals surface area contributed by atoms with Crippen LogP contribution < -0.4 is 5.32 Å². The van der Waals surface area contributed by atoms with E-state index in [-0.39, 0.29) is 12.0 Å². The van der Waals surface area contributed by atoms with Gasteiger partial charge in [0, 0.05) is 28.1 Å². The molecule has 0 aliphatic carbocycles. The molecule has 2 unspecified atom stereocenters. The highest BCUT2D eigenvalue weighted by molar-refractivity contribution is 5.86.